The molecule has 1 fully saturated rings. The predicted molar refractivity (Wildman–Crippen MR) is 83.8 cm³/mol. The largest absolute Gasteiger partial charge is 0.493 e. The molecule has 1 atom stereocenters. The zero-order valence-electron chi connectivity index (χ0n) is 13.1. The average Bonchev–Trinajstić information content (AvgIpc) is 3.31. The molecule has 1 aromatic rings. The van der Waals surface area contributed by atoms with E-state index < -0.39 is 5.60 Å². The molecule has 0 radical (unpaired) electrons. The van der Waals surface area contributed by atoms with Gasteiger partial charge in [0.1, 0.15) is 0 Å². The van der Waals surface area contributed by atoms with Gasteiger partial charge in [0, 0.05) is 19.1 Å². The van der Waals surface area contributed by atoms with E-state index in [1.54, 1.807) is 27.2 Å². The molecular weight excluding hydrogens is 266 g/mol. The van der Waals surface area contributed by atoms with Crippen LogP contribution in [0.3, 0.4) is 0 Å². The van der Waals surface area contributed by atoms with Gasteiger partial charge in [0.15, 0.2) is 11.5 Å². The standard InChI is InChI=1S/C17H25NO3/c1-5-17(2,19)12-18(14-7-8-14)11-13-6-9-15(20-3)16(10-13)21-4/h5-6,9-10,14,19H,1,7-8,11-12H2,2-4H3. The molecule has 116 valence electrons. The van der Waals surface area contributed by atoms with E-state index in [4.69, 9.17) is 9.47 Å². The molecule has 0 spiro atoms. The minimum atomic E-state index is -0.862. The van der Waals surface area contributed by atoms with Crippen LogP contribution in [0.15, 0.2) is 30.9 Å². The maximum atomic E-state index is 10.2. The number of aliphatic hydroxyl groups is 1. The summed E-state index contributed by atoms with van der Waals surface area (Å²) in [5.41, 5.74) is 0.290. The topological polar surface area (TPSA) is 41.9 Å². The first-order valence-electron chi connectivity index (χ1n) is 7.30. The van der Waals surface area contributed by atoms with Gasteiger partial charge in [-0.2, -0.15) is 0 Å². The summed E-state index contributed by atoms with van der Waals surface area (Å²) in [7, 11) is 3.28. The van der Waals surface area contributed by atoms with Crippen LogP contribution in [-0.2, 0) is 6.54 Å². The van der Waals surface area contributed by atoms with E-state index in [1.165, 1.54) is 12.8 Å². The number of hydrogen-bond acceptors (Lipinski definition) is 4. The van der Waals surface area contributed by atoms with E-state index in [2.05, 4.69) is 11.5 Å². The maximum absolute atomic E-state index is 10.2. The van der Waals surface area contributed by atoms with E-state index in [9.17, 15) is 5.11 Å². The maximum Gasteiger partial charge on any atom is 0.161 e. The first-order valence-corrected chi connectivity index (χ1v) is 7.30. The van der Waals surface area contributed by atoms with Crippen LogP contribution in [0.1, 0.15) is 25.3 Å². The molecule has 0 bridgehead atoms. The number of rotatable bonds is 8. The van der Waals surface area contributed by atoms with Crippen LogP contribution in [0.5, 0.6) is 11.5 Å². The van der Waals surface area contributed by atoms with Crippen molar-refractivity contribution in [2.45, 2.75) is 38.0 Å². The van der Waals surface area contributed by atoms with Gasteiger partial charge in [-0.1, -0.05) is 12.1 Å². The molecule has 4 heteroatoms. The van der Waals surface area contributed by atoms with Crippen molar-refractivity contribution in [1.29, 1.82) is 0 Å². The lowest BCUT2D eigenvalue weighted by atomic mass is 10.1. The van der Waals surface area contributed by atoms with Crippen molar-refractivity contribution >= 4 is 0 Å². The SMILES string of the molecule is C=CC(C)(O)CN(Cc1ccc(OC)c(OC)c1)C1CC1. The summed E-state index contributed by atoms with van der Waals surface area (Å²) < 4.78 is 10.6. The van der Waals surface area contributed by atoms with Gasteiger partial charge in [0.05, 0.1) is 19.8 Å². The Hall–Kier alpha value is -1.52. The van der Waals surface area contributed by atoms with Crippen LogP contribution in [0, 0.1) is 0 Å². The summed E-state index contributed by atoms with van der Waals surface area (Å²) in [6.45, 7) is 6.88. The lowest BCUT2D eigenvalue weighted by molar-refractivity contribution is 0.0552. The molecule has 1 aliphatic rings. The second kappa shape index (κ2) is 6.50. The molecule has 1 saturated carbocycles. The lowest BCUT2D eigenvalue weighted by Crippen LogP contribution is -2.40. The van der Waals surface area contributed by atoms with Gasteiger partial charge in [-0.25, -0.2) is 0 Å². The third-order valence-corrected chi connectivity index (χ3v) is 3.86. The third-order valence-electron chi connectivity index (χ3n) is 3.86. The van der Waals surface area contributed by atoms with Gasteiger partial charge in [-0.05, 0) is 37.5 Å². The first kappa shape index (κ1) is 15.9. The Labute approximate surface area is 127 Å². The monoisotopic (exact) mass is 291 g/mol. The van der Waals surface area contributed by atoms with Crippen molar-refractivity contribution in [2.75, 3.05) is 20.8 Å². The summed E-state index contributed by atoms with van der Waals surface area (Å²) >= 11 is 0. The van der Waals surface area contributed by atoms with Crippen molar-refractivity contribution in [2.24, 2.45) is 0 Å². The zero-order valence-corrected chi connectivity index (χ0v) is 13.1. The molecule has 2 rings (SSSR count). The molecule has 0 heterocycles. The molecule has 1 N–H and O–H groups in total. The number of hydrogen-bond donors (Lipinski definition) is 1. The van der Waals surface area contributed by atoms with E-state index in [0.29, 0.717) is 12.6 Å². The highest BCUT2D eigenvalue weighted by molar-refractivity contribution is 5.42. The number of ether oxygens (including phenoxy) is 2. The van der Waals surface area contributed by atoms with Gasteiger partial charge in [-0.15, -0.1) is 6.58 Å². The van der Waals surface area contributed by atoms with Gasteiger partial charge in [0.25, 0.3) is 0 Å². The average molecular weight is 291 g/mol. The highest BCUT2D eigenvalue weighted by atomic mass is 16.5. The third kappa shape index (κ3) is 4.22. The highest BCUT2D eigenvalue weighted by Gasteiger charge is 2.32. The molecule has 0 saturated heterocycles. The Kier molecular flexibility index (Phi) is 4.91. The number of methoxy groups -OCH3 is 2. The second-order valence-electron chi connectivity index (χ2n) is 5.89. The molecule has 0 aliphatic heterocycles. The van der Waals surface area contributed by atoms with Crippen molar-refractivity contribution in [3.05, 3.63) is 36.4 Å². The molecule has 1 aliphatic carbocycles. The summed E-state index contributed by atoms with van der Waals surface area (Å²) in [4.78, 5) is 2.31. The van der Waals surface area contributed by atoms with Crippen LogP contribution in [0.25, 0.3) is 0 Å². The van der Waals surface area contributed by atoms with Gasteiger partial charge in [0.2, 0.25) is 0 Å². The van der Waals surface area contributed by atoms with E-state index in [0.717, 1.165) is 23.6 Å². The molecular formula is C17H25NO3. The van der Waals surface area contributed by atoms with Crippen LogP contribution >= 0.6 is 0 Å². The lowest BCUT2D eigenvalue weighted by Gasteiger charge is -2.29. The molecule has 21 heavy (non-hydrogen) atoms. The summed E-state index contributed by atoms with van der Waals surface area (Å²) in [5, 5.41) is 10.2. The smallest absolute Gasteiger partial charge is 0.161 e. The highest BCUT2D eigenvalue weighted by Crippen LogP contribution is 2.32. The fourth-order valence-electron chi connectivity index (χ4n) is 2.44. The zero-order chi connectivity index (χ0) is 15.5. The van der Waals surface area contributed by atoms with E-state index in [1.807, 2.05) is 18.2 Å². The Morgan fingerprint density at radius 2 is 2.00 bits per heavy atom. The quantitative estimate of drug-likeness (QED) is 0.748. The summed E-state index contributed by atoms with van der Waals surface area (Å²) in [6.07, 6.45) is 4.00. The van der Waals surface area contributed by atoms with Crippen LogP contribution in [0.4, 0.5) is 0 Å². The molecule has 0 aromatic heterocycles. The number of benzene rings is 1. The Bertz CT molecular complexity index is 495. The van der Waals surface area contributed by atoms with E-state index in [-0.39, 0.29) is 0 Å². The van der Waals surface area contributed by atoms with Crippen LogP contribution in [-0.4, -0.2) is 42.4 Å². The Morgan fingerprint density at radius 1 is 1.33 bits per heavy atom. The second-order valence-corrected chi connectivity index (χ2v) is 5.89. The molecule has 1 aromatic carbocycles. The Balaban J connectivity index is 2.12. The first-order chi connectivity index (χ1) is 9.99. The number of nitrogens with zero attached hydrogens (tertiary/aromatic N) is 1. The van der Waals surface area contributed by atoms with Crippen molar-refractivity contribution in [3.8, 4) is 11.5 Å². The van der Waals surface area contributed by atoms with Crippen LogP contribution < -0.4 is 9.47 Å². The normalized spacial score (nSPS) is 17.4. The fraction of sp³-hybridized carbons (Fsp3) is 0.529. The van der Waals surface area contributed by atoms with Crippen molar-refractivity contribution in [1.82, 2.24) is 4.90 Å². The molecule has 0 amide bonds. The minimum absolute atomic E-state index is 0.560. The summed E-state index contributed by atoms with van der Waals surface area (Å²) in [6, 6.07) is 6.52. The van der Waals surface area contributed by atoms with Gasteiger partial charge >= 0.3 is 0 Å². The minimum Gasteiger partial charge on any atom is -0.493 e. The predicted octanol–water partition coefficient (Wildman–Crippen LogP) is 2.61. The van der Waals surface area contributed by atoms with Crippen molar-refractivity contribution < 1.29 is 14.6 Å². The molecule has 1 unspecified atom stereocenters. The van der Waals surface area contributed by atoms with Crippen LogP contribution in [0.2, 0.25) is 0 Å². The van der Waals surface area contributed by atoms with Crippen molar-refractivity contribution in [3.63, 3.8) is 0 Å². The van der Waals surface area contributed by atoms with Gasteiger partial charge in [-0.3, -0.25) is 4.90 Å². The van der Waals surface area contributed by atoms with E-state index >= 15 is 0 Å². The summed E-state index contributed by atoms with van der Waals surface area (Å²) in [5.74, 6) is 1.47. The fourth-order valence-corrected chi connectivity index (χ4v) is 2.44. The molecule has 4 nitrogen and oxygen atoms in total. The Morgan fingerprint density at radius 3 is 2.52 bits per heavy atom. The van der Waals surface area contributed by atoms with Gasteiger partial charge < -0.3 is 14.6 Å².